The van der Waals surface area contributed by atoms with E-state index >= 15 is 0 Å². The Labute approximate surface area is 138 Å². The van der Waals surface area contributed by atoms with Crippen LogP contribution in [0.1, 0.15) is 10.5 Å². The molecule has 1 aromatic heterocycles. The molecule has 0 aliphatic carbocycles. The number of aromatic nitrogens is 1. The first-order valence-corrected chi connectivity index (χ1v) is 7.71. The van der Waals surface area contributed by atoms with Crippen LogP contribution in [-0.4, -0.2) is 42.0 Å². The standard InChI is InChI=1S/C14H14ClN3OS.ClH/c15-11-3-1-2-10(8-11)13-17-12(9-20-13)14(19)18-6-4-16-5-7-18;/h1-3,8-9,16H,4-7H2;1H. The molecule has 0 radical (unpaired) electrons. The van der Waals surface area contributed by atoms with E-state index in [1.807, 2.05) is 34.5 Å². The average Bonchev–Trinajstić information content (AvgIpc) is 2.97. The molecule has 0 spiro atoms. The van der Waals surface area contributed by atoms with Gasteiger partial charge in [-0.25, -0.2) is 4.98 Å². The van der Waals surface area contributed by atoms with E-state index in [1.54, 1.807) is 0 Å². The zero-order valence-corrected chi connectivity index (χ0v) is 13.6. The van der Waals surface area contributed by atoms with Gasteiger partial charge in [-0.1, -0.05) is 23.7 Å². The van der Waals surface area contributed by atoms with Gasteiger partial charge in [0.1, 0.15) is 10.7 Å². The van der Waals surface area contributed by atoms with Gasteiger partial charge in [0.25, 0.3) is 5.91 Å². The quantitative estimate of drug-likeness (QED) is 0.911. The van der Waals surface area contributed by atoms with Crippen molar-refractivity contribution in [2.45, 2.75) is 0 Å². The summed E-state index contributed by atoms with van der Waals surface area (Å²) in [4.78, 5) is 18.6. The van der Waals surface area contributed by atoms with Crippen LogP contribution in [-0.2, 0) is 0 Å². The molecule has 0 unspecified atom stereocenters. The molecule has 0 saturated carbocycles. The molecule has 1 aliphatic rings. The van der Waals surface area contributed by atoms with Gasteiger partial charge in [0.2, 0.25) is 0 Å². The second kappa shape index (κ2) is 7.22. The number of rotatable bonds is 2. The predicted molar refractivity (Wildman–Crippen MR) is 88.6 cm³/mol. The van der Waals surface area contributed by atoms with Gasteiger partial charge < -0.3 is 10.2 Å². The van der Waals surface area contributed by atoms with Crippen molar-refractivity contribution in [1.82, 2.24) is 15.2 Å². The molecule has 21 heavy (non-hydrogen) atoms. The summed E-state index contributed by atoms with van der Waals surface area (Å²) in [6.07, 6.45) is 0. The number of piperazine rings is 1. The molecule has 2 aromatic rings. The fraction of sp³-hybridized carbons (Fsp3) is 0.286. The van der Waals surface area contributed by atoms with E-state index in [1.165, 1.54) is 11.3 Å². The maximum atomic E-state index is 12.3. The van der Waals surface area contributed by atoms with Crippen LogP contribution in [0.3, 0.4) is 0 Å². The second-order valence-electron chi connectivity index (χ2n) is 4.59. The van der Waals surface area contributed by atoms with Crippen LogP contribution in [0.25, 0.3) is 10.6 Å². The number of amides is 1. The Morgan fingerprint density at radius 2 is 2.10 bits per heavy atom. The third kappa shape index (κ3) is 3.74. The molecule has 1 saturated heterocycles. The van der Waals surface area contributed by atoms with E-state index in [0.717, 1.165) is 36.8 Å². The third-order valence-corrected chi connectivity index (χ3v) is 4.33. The van der Waals surface area contributed by atoms with E-state index in [9.17, 15) is 4.79 Å². The Balaban J connectivity index is 0.00000161. The Morgan fingerprint density at radius 3 is 2.81 bits per heavy atom. The normalized spacial score (nSPS) is 14.6. The molecule has 112 valence electrons. The minimum absolute atomic E-state index is 0. The molecule has 7 heteroatoms. The van der Waals surface area contributed by atoms with Crippen LogP contribution in [0.4, 0.5) is 0 Å². The minimum Gasteiger partial charge on any atom is -0.335 e. The Kier molecular flexibility index (Phi) is 5.58. The lowest BCUT2D eigenvalue weighted by molar-refractivity contribution is 0.0731. The SMILES string of the molecule is Cl.O=C(c1csc(-c2cccc(Cl)c2)n1)N1CCNCC1. The summed E-state index contributed by atoms with van der Waals surface area (Å²) < 4.78 is 0. The van der Waals surface area contributed by atoms with Gasteiger partial charge in [-0.05, 0) is 12.1 Å². The van der Waals surface area contributed by atoms with Gasteiger partial charge in [-0.3, -0.25) is 4.79 Å². The van der Waals surface area contributed by atoms with Gasteiger partial charge in [0.05, 0.1) is 0 Å². The number of thiazole rings is 1. The van der Waals surface area contributed by atoms with E-state index in [4.69, 9.17) is 11.6 Å². The fourth-order valence-electron chi connectivity index (χ4n) is 2.16. The molecule has 2 heterocycles. The molecular weight excluding hydrogens is 329 g/mol. The summed E-state index contributed by atoms with van der Waals surface area (Å²) >= 11 is 7.45. The molecule has 3 rings (SSSR count). The summed E-state index contributed by atoms with van der Waals surface area (Å²) in [7, 11) is 0. The summed E-state index contributed by atoms with van der Waals surface area (Å²) in [5.74, 6) is 0.0102. The Bertz CT molecular complexity index is 626. The van der Waals surface area contributed by atoms with Gasteiger partial charge in [-0.15, -0.1) is 23.7 Å². The third-order valence-electron chi connectivity index (χ3n) is 3.20. The number of nitrogens with one attached hydrogen (secondary N) is 1. The van der Waals surface area contributed by atoms with Crippen molar-refractivity contribution >= 4 is 41.3 Å². The number of carbonyl (C=O) groups excluding carboxylic acids is 1. The van der Waals surface area contributed by atoms with E-state index in [2.05, 4.69) is 10.3 Å². The maximum absolute atomic E-state index is 12.3. The molecule has 0 bridgehead atoms. The number of carbonyl (C=O) groups is 1. The molecular formula is C14H15Cl2N3OS. The molecule has 1 aliphatic heterocycles. The lowest BCUT2D eigenvalue weighted by atomic mass is 10.2. The molecule has 4 nitrogen and oxygen atoms in total. The van der Waals surface area contributed by atoms with E-state index < -0.39 is 0 Å². The highest BCUT2D eigenvalue weighted by Gasteiger charge is 2.20. The summed E-state index contributed by atoms with van der Waals surface area (Å²) in [5.41, 5.74) is 1.47. The number of benzene rings is 1. The first-order chi connectivity index (χ1) is 9.74. The highest BCUT2D eigenvalue weighted by atomic mass is 35.5. The summed E-state index contributed by atoms with van der Waals surface area (Å²) in [6, 6.07) is 7.52. The van der Waals surface area contributed by atoms with Crippen molar-refractivity contribution in [2.24, 2.45) is 0 Å². The smallest absolute Gasteiger partial charge is 0.273 e. The number of nitrogens with zero attached hydrogens (tertiary/aromatic N) is 2. The molecule has 1 aromatic carbocycles. The van der Waals surface area contributed by atoms with Crippen molar-refractivity contribution in [3.63, 3.8) is 0 Å². The van der Waals surface area contributed by atoms with E-state index in [-0.39, 0.29) is 18.3 Å². The van der Waals surface area contributed by atoms with Crippen LogP contribution < -0.4 is 5.32 Å². The number of hydrogen-bond donors (Lipinski definition) is 1. The van der Waals surface area contributed by atoms with Gasteiger partial charge in [0.15, 0.2) is 0 Å². The van der Waals surface area contributed by atoms with Gasteiger partial charge in [0, 0.05) is 42.1 Å². The highest BCUT2D eigenvalue weighted by Crippen LogP contribution is 2.26. The predicted octanol–water partition coefficient (Wildman–Crippen LogP) is 2.93. The molecule has 0 atom stereocenters. The van der Waals surface area contributed by atoms with Crippen LogP contribution in [0.5, 0.6) is 0 Å². The van der Waals surface area contributed by atoms with Gasteiger partial charge in [-0.2, -0.15) is 0 Å². The first-order valence-electron chi connectivity index (χ1n) is 6.45. The monoisotopic (exact) mass is 343 g/mol. The van der Waals surface area contributed by atoms with Crippen molar-refractivity contribution in [3.8, 4) is 10.6 Å². The van der Waals surface area contributed by atoms with Crippen LogP contribution in [0, 0.1) is 0 Å². The van der Waals surface area contributed by atoms with Gasteiger partial charge >= 0.3 is 0 Å². The number of halogens is 2. The maximum Gasteiger partial charge on any atom is 0.273 e. The molecule has 1 amide bonds. The zero-order chi connectivity index (χ0) is 13.9. The van der Waals surface area contributed by atoms with Crippen LogP contribution >= 0.6 is 35.3 Å². The number of hydrogen-bond acceptors (Lipinski definition) is 4. The van der Waals surface area contributed by atoms with Crippen LogP contribution in [0.15, 0.2) is 29.6 Å². The lowest BCUT2D eigenvalue weighted by Gasteiger charge is -2.26. The molecule has 1 fully saturated rings. The minimum atomic E-state index is 0. The largest absolute Gasteiger partial charge is 0.335 e. The van der Waals surface area contributed by atoms with Crippen molar-refractivity contribution in [2.75, 3.05) is 26.2 Å². The summed E-state index contributed by atoms with van der Waals surface area (Å²) in [5, 5.41) is 6.55. The zero-order valence-electron chi connectivity index (χ0n) is 11.2. The highest BCUT2D eigenvalue weighted by molar-refractivity contribution is 7.13. The Hall–Kier alpha value is -1.14. The van der Waals surface area contributed by atoms with Crippen molar-refractivity contribution in [1.29, 1.82) is 0 Å². The second-order valence-corrected chi connectivity index (χ2v) is 5.88. The average molecular weight is 344 g/mol. The van der Waals surface area contributed by atoms with Crippen molar-refractivity contribution in [3.05, 3.63) is 40.4 Å². The summed E-state index contributed by atoms with van der Waals surface area (Å²) in [6.45, 7) is 3.17. The lowest BCUT2D eigenvalue weighted by Crippen LogP contribution is -2.46. The molecule has 1 N–H and O–H groups in total. The van der Waals surface area contributed by atoms with Crippen molar-refractivity contribution < 1.29 is 4.79 Å². The van der Waals surface area contributed by atoms with E-state index in [0.29, 0.717) is 10.7 Å². The van der Waals surface area contributed by atoms with Crippen LogP contribution in [0.2, 0.25) is 5.02 Å². The first kappa shape index (κ1) is 16.2. The Morgan fingerprint density at radius 1 is 1.33 bits per heavy atom. The fourth-order valence-corrected chi connectivity index (χ4v) is 3.14. The topological polar surface area (TPSA) is 45.2 Å².